The van der Waals surface area contributed by atoms with Gasteiger partial charge >= 0.3 is 0 Å². The van der Waals surface area contributed by atoms with E-state index in [2.05, 4.69) is 170 Å². The first-order chi connectivity index (χ1) is 28.8. The fraction of sp³-hybridized carbons (Fsp3) is 0.0357. The van der Waals surface area contributed by atoms with Crippen LogP contribution in [-0.4, -0.2) is 0 Å². The third-order valence-electron chi connectivity index (χ3n) is 12.6. The molecule has 2 heteroatoms. The number of furan rings is 2. The van der Waals surface area contributed by atoms with Crippen molar-refractivity contribution in [1.29, 1.82) is 0 Å². The highest BCUT2D eigenvalue weighted by Gasteiger charge is 2.31. The molecule has 11 aromatic rings. The van der Waals surface area contributed by atoms with Gasteiger partial charge in [-0.05, 0) is 126 Å². The van der Waals surface area contributed by atoms with Crippen LogP contribution in [0.2, 0.25) is 0 Å². The number of rotatable bonds is 4. The molecule has 0 unspecified atom stereocenters. The maximum Gasteiger partial charge on any atom is 0.143 e. The van der Waals surface area contributed by atoms with Crippen molar-refractivity contribution in [2.45, 2.75) is 12.8 Å². The monoisotopic (exact) mass is 738 g/mol. The van der Waals surface area contributed by atoms with Gasteiger partial charge in [0.05, 0.1) is 0 Å². The fourth-order valence-corrected chi connectivity index (χ4v) is 10.2. The molecule has 9 aromatic carbocycles. The standard InChI is InChI=1S/C56H34O2/c1-3-13-33(14-4-1)51-41-18-7-8-19-42(41)52(34-15-5-2-6-16-34)55-45-28-27-37(40-21-12-23-44(53(40)45)54(51)55)35-25-29-49-46(31-35)47-32-36(26-30-50(47)57-49)38-20-11-22-43-39-17-9-10-24-48(39)58-56(38)43/h1-6,9-32H,7-8H2. The van der Waals surface area contributed by atoms with E-state index in [0.717, 1.165) is 67.8 Å². The van der Waals surface area contributed by atoms with E-state index in [1.165, 1.54) is 76.8 Å². The largest absolute Gasteiger partial charge is 0.456 e. The average Bonchev–Trinajstić information content (AvgIpc) is 3.96. The molecule has 2 aliphatic rings. The Hall–Kier alpha value is -7.42. The molecule has 0 aliphatic heterocycles. The molecule has 0 bridgehead atoms. The molecule has 0 radical (unpaired) electrons. The lowest BCUT2D eigenvalue weighted by Gasteiger charge is -2.20. The molecule has 0 fully saturated rings. The summed E-state index contributed by atoms with van der Waals surface area (Å²) in [7, 11) is 0. The Bertz CT molecular complexity index is 3570. The van der Waals surface area contributed by atoms with E-state index < -0.39 is 0 Å². The Morgan fingerprint density at radius 2 is 0.828 bits per heavy atom. The zero-order chi connectivity index (χ0) is 37.9. The summed E-state index contributed by atoms with van der Waals surface area (Å²) in [4.78, 5) is 0. The first kappa shape index (κ1) is 31.7. The van der Waals surface area contributed by atoms with Crippen LogP contribution >= 0.6 is 0 Å². The molecule has 0 saturated carbocycles. The van der Waals surface area contributed by atoms with Crippen LogP contribution in [0.5, 0.6) is 0 Å². The molecule has 58 heavy (non-hydrogen) atoms. The summed E-state index contributed by atoms with van der Waals surface area (Å²) in [5.41, 5.74) is 18.7. The van der Waals surface area contributed by atoms with Crippen LogP contribution < -0.4 is 10.4 Å². The molecular formula is C56H34O2. The lowest BCUT2D eigenvalue weighted by Crippen LogP contribution is -2.32. The zero-order valence-corrected chi connectivity index (χ0v) is 31.6. The van der Waals surface area contributed by atoms with Gasteiger partial charge in [0.15, 0.2) is 0 Å². The van der Waals surface area contributed by atoms with Gasteiger partial charge in [0, 0.05) is 27.1 Å². The van der Waals surface area contributed by atoms with E-state index in [9.17, 15) is 0 Å². The molecular weight excluding hydrogens is 705 g/mol. The molecule has 2 heterocycles. The second kappa shape index (κ2) is 12.0. The molecule has 2 nitrogen and oxygen atoms in total. The van der Waals surface area contributed by atoms with Crippen molar-refractivity contribution in [2.24, 2.45) is 0 Å². The quantitative estimate of drug-likeness (QED) is 0.180. The summed E-state index contributed by atoms with van der Waals surface area (Å²) in [5, 5.41) is 9.76. The van der Waals surface area contributed by atoms with Gasteiger partial charge in [-0.3, -0.25) is 0 Å². The zero-order valence-electron chi connectivity index (χ0n) is 31.6. The molecule has 2 aliphatic carbocycles. The van der Waals surface area contributed by atoms with Gasteiger partial charge in [0.1, 0.15) is 22.3 Å². The molecule has 13 rings (SSSR count). The van der Waals surface area contributed by atoms with Crippen molar-refractivity contribution in [3.63, 3.8) is 0 Å². The van der Waals surface area contributed by atoms with E-state index in [-0.39, 0.29) is 0 Å². The minimum atomic E-state index is 0.878. The predicted octanol–water partition coefficient (Wildman–Crippen LogP) is 14.3. The predicted molar refractivity (Wildman–Crippen MR) is 242 cm³/mol. The SMILES string of the molecule is C1=c2c(-c3ccccc3)c3c(c(-c4ccccc4)c2=CCC1)-c1ccc(-c2ccc4oc5ccc(-c6cccc7c6oc6ccccc67)cc5c4c2)c2cccc-3c12. The Labute approximate surface area is 334 Å². The summed E-state index contributed by atoms with van der Waals surface area (Å²) in [5.74, 6) is 0. The minimum Gasteiger partial charge on any atom is -0.456 e. The number of para-hydroxylation sites is 2. The van der Waals surface area contributed by atoms with Crippen LogP contribution in [-0.2, 0) is 0 Å². The fourth-order valence-electron chi connectivity index (χ4n) is 10.2. The molecule has 0 amide bonds. The molecule has 0 saturated heterocycles. The van der Waals surface area contributed by atoms with Crippen LogP contribution in [0.4, 0.5) is 0 Å². The van der Waals surface area contributed by atoms with Crippen molar-refractivity contribution in [3.8, 4) is 66.8 Å². The van der Waals surface area contributed by atoms with E-state index in [1.807, 2.05) is 12.1 Å². The summed E-state index contributed by atoms with van der Waals surface area (Å²) < 4.78 is 12.9. The van der Waals surface area contributed by atoms with Gasteiger partial charge in [-0.15, -0.1) is 0 Å². The molecule has 0 spiro atoms. The maximum absolute atomic E-state index is 6.48. The van der Waals surface area contributed by atoms with Gasteiger partial charge in [-0.1, -0.05) is 152 Å². The third kappa shape index (κ3) is 4.43. The number of benzene rings is 9. The van der Waals surface area contributed by atoms with E-state index in [0.29, 0.717) is 0 Å². The Morgan fingerprint density at radius 1 is 0.310 bits per heavy atom. The highest BCUT2D eigenvalue weighted by molar-refractivity contribution is 6.24. The lowest BCUT2D eigenvalue weighted by molar-refractivity contribution is 0.668. The number of hydrogen-bond donors (Lipinski definition) is 0. The number of fused-ring (bicyclic) bond motifs is 10. The van der Waals surface area contributed by atoms with E-state index in [4.69, 9.17) is 8.83 Å². The second-order valence-electron chi connectivity index (χ2n) is 15.7. The van der Waals surface area contributed by atoms with Crippen LogP contribution in [0.25, 0.3) is 134 Å². The van der Waals surface area contributed by atoms with Crippen LogP contribution in [0.15, 0.2) is 179 Å². The third-order valence-corrected chi connectivity index (χ3v) is 12.6. The summed E-state index contributed by atoms with van der Waals surface area (Å²) in [6, 6.07) is 61.6. The van der Waals surface area contributed by atoms with Gasteiger partial charge in [0.2, 0.25) is 0 Å². The lowest BCUT2D eigenvalue weighted by atomic mass is 9.83. The van der Waals surface area contributed by atoms with Crippen molar-refractivity contribution >= 4 is 66.8 Å². The van der Waals surface area contributed by atoms with Crippen molar-refractivity contribution in [1.82, 2.24) is 0 Å². The average molecular weight is 739 g/mol. The van der Waals surface area contributed by atoms with Crippen molar-refractivity contribution < 1.29 is 8.83 Å². The highest BCUT2D eigenvalue weighted by atomic mass is 16.3. The highest BCUT2D eigenvalue weighted by Crippen LogP contribution is 2.54. The van der Waals surface area contributed by atoms with E-state index in [1.54, 1.807) is 0 Å². The van der Waals surface area contributed by atoms with Crippen LogP contribution in [0.1, 0.15) is 12.8 Å². The van der Waals surface area contributed by atoms with Crippen molar-refractivity contribution in [3.05, 3.63) is 180 Å². The Kier molecular flexibility index (Phi) is 6.59. The van der Waals surface area contributed by atoms with Crippen molar-refractivity contribution in [2.75, 3.05) is 0 Å². The topological polar surface area (TPSA) is 26.3 Å². The second-order valence-corrected chi connectivity index (χ2v) is 15.7. The van der Waals surface area contributed by atoms with Crippen LogP contribution in [0, 0.1) is 0 Å². The first-order valence-corrected chi connectivity index (χ1v) is 20.2. The normalized spacial score (nSPS) is 13.0. The summed E-state index contributed by atoms with van der Waals surface area (Å²) in [6.07, 6.45) is 7.05. The Balaban J connectivity index is 1.03. The van der Waals surface area contributed by atoms with E-state index >= 15 is 0 Å². The maximum atomic E-state index is 6.48. The molecule has 0 N–H and O–H groups in total. The van der Waals surface area contributed by atoms with Crippen LogP contribution in [0.3, 0.4) is 0 Å². The molecule has 2 aromatic heterocycles. The summed E-state index contributed by atoms with van der Waals surface area (Å²) >= 11 is 0. The van der Waals surface area contributed by atoms with Gasteiger partial charge in [0.25, 0.3) is 0 Å². The molecule has 0 atom stereocenters. The van der Waals surface area contributed by atoms with Gasteiger partial charge in [-0.2, -0.15) is 0 Å². The molecule has 270 valence electrons. The van der Waals surface area contributed by atoms with Gasteiger partial charge in [-0.25, -0.2) is 0 Å². The first-order valence-electron chi connectivity index (χ1n) is 20.2. The Morgan fingerprint density at radius 3 is 1.50 bits per heavy atom. The number of hydrogen-bond acceptors (Lipinski definition) is 2. The summed E-state index contributed by atoms with van der Waals surface area (Å²) in [6.45, 7) is 0. The van der Waals surface area contributed by atoms with Gasteiger partial charge < -0.3 is 8.83 Å². The smallest absolute Gasteiger partial charge is 0.143 e. The minimum absolute atomic E-state index is 0.878.